The Hall–Kier alpha value is -3.14. The molecule has 1 aromatic carbocycles. The standard InChI is InChI=1S/C22H31FN6O3/c1-14(2)13-32-22(31)28-9-7-15(8-10-28)19(11-24)29-12-18(20(25)30)21(27-29)26-17-5-3-16(23)4-6-17/h3-6,12,14-15,19H,7-11,13,24H2,1-2H3,(H2,25,30)(H,26,27). The summed E-state index contributed by atoms with van der Waals surface area (Å²) in [6, 6.07) is 5.56. The number of halogens is 1. The van der Waals surface area contributed by atoms with Crippen LogP contribution in [0.1, 0.15) is 43.1 Å². The van der Waals surface area contributed by atoms with Crippen LogP contribution in [0.4, 0.5) is 20.7 Å². The van der Waals surface area contributed by atoms with Crippen molar-refractivity contribution in [1.29, 1.82) is 0 Å². The maximum atomic E-state index is 13.2. The number of likely N-dealkylation sites (tertiary alicyclic amines) is 1. The van der Waals surface area contributed by atoms with Crippen LogP contribution in [-0.2, 0) is 4.74 Å². The maximum Gasteiger partial charge on any atom is 0.409 e. The summed E-state index contributed by atoms with van der Waals surface area (Å²) < 4.78 is 20.2. The molecule has 0 aliphatic carbocycles. The number of carbonyl (C=O) groups excluding carboxylic acids is 2. The molecule has 2 heterocycles. The number of nitrogens with zero attached hydrogens (tertiary/aromatic N) is 3. The molecule has 10 heteroatoms. The largest absolute Gasteiger partial charge is 0.449 e. The summed E-state index contributed by atoms with van der Waals surface area (Å²) in [4.78, 5) is 25.9. The van der Waals surface area contributed by atoms with Crippen molar-refractivity contribution < 1.29 is 18.7 Å². The molecule has 1 unspecified atom stereocenters. The minimum atomic E-state index is -0.626. The van der Waals surface area contributed by atoms with Gasteiger partial charge in [-0.2, -0.15) is 5.10 Å². The molecule has 0 saturated carbocycles. The quantitative estimate of drug-likeness (QED) is 0.572. The van der Waals surface area contributed by atoms with Crippen LogP contribution in [0.5, 0.6) is 0 Å². The number of carbonyl (C=O) groups is 2. The summed E-state index contributed by atoms with van der Waals surface area (Å²) in [5.41, 5.74) is 12.4. The predicted molar refractivity (Wildman–Crippen MR) is 119 cm³/mol. The van der Waals surface area contributed by atoms with Gasteiger partial charge in [0.25, 0.3) is 5.91 Å². The van der Waals surface area contributed by atoms with Gasteiger partial charge in [0.1, 0.15) is 11.4 Å². The number of hydrogen-bond acceptors (Lipinski definition) is 6. The van der Waals surface area contributed by atoms with Crippen LogP contribution in [0.25, 0.3) is 0 Å². The van der Waals surface area contributed by atoms with Gasteiger partial charge in [0.2, 0.25) is 0 Å². The van der Waals surface area contributed by atoms with Gasteiger partial charge < -0.3 is 26.4 Å². The van der Waals surface area contributed by atoms with E-state index in [2.05, 4.69) is 10.4 Å². The number of amides is 2. The Morgan fingerprint density at radius 1 is 1.25 bits per heavy atom. The highest BCUT2D eigenvalue weighted by Gasteiger charge is 2.31. The van der Waals surface area contributed by atoms with Gasteiger partial charge in [-0.05, 0) is 48.9 Å². The van der Waals surface area contributed by atoms with E-state index in [1.54, 1.807) is 27.9 Å². The Morgan fingerprint density at radius 3 is 2.47 bits per heavy atom. The van der Waals surface area contributed by atoms with E-state index in [4.69, 9.17) is 16.2 Å². The summed E-state index contributed by atoms with van der Waals surface area (Å²) >= 11 is 0. The first-order valence-corrected chi connectivity index (χ1v) is 10.8. The van der Waals surface area contributed by atoms with Gasteiger partial charge in [0.15, 0.2) is 5.82 Å². The summed E-state index contributed by atoms with van der Waals surface area (Å²) in [6.07, 6.45) is 2.79. The molecule has 0 bridgehead atoms. The minimum Gasteiger partial charge on any atom is -0.449 e. The molecule has 5 N–H and O–H groups in total. The molecule has 2 aromatic rings. The van der Waals surface area contributed by atoms with E-state index in [9.17, 15) is 14.0 Å². The van der Waals surface area contributed by atoms with Gasteiger partial charge in [0.05, 0.1) is 12.6 Å². The van der Waals surface area contributed by atoms with Crippen molar-refractivity contribution in [3.05, 3.63) is 41.8 Å². The minimum absolute atomic E-state index is 0.161. The maximum absolute atomic E-state index is 13.2. The molecule has 0 radical (unpaired) electrons. The second kappa shape index (κ2) is 10.4. The number of anilines is 2. The summed E-state index contributed by atoms with van der Waals surface area (Å²) in [5, 5.41) is 7.54. The molecule has 1 saturated heterocycles. The van der Waals surface area contributed by atoms with Gasteiger partial charge in [-0.3, -0.25) is 9.48 Å². The van der Waals surface area contributed by atoms with Gasteiger partial charge in [-0.1, -0.05) is 13.8 Å². The van der Waals surface area contributed by atoms with Gasteiger partial charge in [-0.15, -0.1) is 0 Å². The van der Waals surface area contributed by atoms with Crippen molar-refractivity contribution in [1.82, 2.24) is 14.7 Å². The molecule has 1 aromatic heterocycles. The molecule has 1 atom stereocenters. The van der Waals surface area contributed by atoms with Crippen molar-refractivity contribution in [2.24, 2.45) is 23.3 Å². The number of benzene rings is 1. The lowest BCUT2D eigenvalue weighted by Crippen LogP contribution is -2.42. The Balaban J connectivity index is 1.70. The first-order valence-electron chi connectivity index (χ1n) is 10.8. The van der Waals surface area contributed by atoms with Crippen molar-refractivity contribution in [3.8, 4) is 0 Å². The topological polar surface area (TPSA) is 128 Å². The first-order chi connectivity index (χ1) is 15.3. The number of nitrogens with two attached hydrogens (primary N) is 2. The zero-order valence-electron chi connectivity index (χ0n) is 18.5. The highest BCUT2D eigenvalue weighted by molar-refractivity contribution is 5.98. The second-order valence-electron chi connectivity index (χ2n) is 8.47. The number of rotatable bonds is 8. The molecule has 2 amide bonds. The number of primary amides is 1. The van der Waals surface area contributed by atoms with E-state index in [1.165, 1.54) is 12.1 Å². The SMILES string of the molecule is CC(C)COC(=O)N1CCC(C(CN)n2cc(C(N)=O)c(Nc3ccc(F)cc3)n2)CC1. The molecule has 1 fully saturated rings. The molecule has 1 aliphatic rings. The molecule has 3 rings (SSSR count). The summed E-state index contributed by atoms with van der Waals surface area (Å²) in [6.45, 7) is 5.85. The van der Waals surface area contributed by atoms with Crippen LogP contribution >= 0.6 is 0 Å². The Labute approximate surface area is 186 Å². The summed E-state index contributed by atoms with van der Waals surface area (Å²) in [5.74, 6) is -0.237. The van der Waals surface area contributed by atoms with Crippen LogP contribution in [0.2, 0.25) is 0 Å². The number of ether oxygens (including phenoxy) is 1. The third-order valence-corrected chi connectivity index (χ3v) is 5.57. The zero-order valence-corrected chi connectivity index (χ0v) is 18.5. The number of aromatic nitrogens is 2. The predicted octanol–water partition coefficient (Wildman–Crippen LogP) is 2.87. The number of hydrogen-bond donors (Lipinski definition) is 3. The van der Waals surface area contributed by atoms with Crippen LogP contribution < -0.4 is 16.8 Å². The first kappa shape index (κ1) is 23.5. The van der Waals surface area contributed by atoms with E-state index < -0.39 is 5.91 Å². The fourth-order valence-electron chi connectivity index (χ4n) is 3.82. The highest BCUT2D eigenvalue weighted by Crippen LogP contribution is 2.30. The lowest BCUT2D eigenvalue weighted by molar-refractivity contribution is 0.0730. The van der Waals surface area contributed by atoms with Crippen LogP contribution in [0.15, 0.2) is 30.5 Å². The van der Waals surface area contributed by atoms with E-state index in [0.29, 0.717) is 31.9 Å². The van der Waals surface area contributed by atoms with E-state index >= 15 is 0 Å². The summed E-state index contributed by atoms with van der Waals surface area (Å²) in [7, 11) is 0. The number of piperidine rings is 1. The van der Waals surface area contributed by atoms with Gasteiger partial charge in [0, 0.05) is 31.5 Å². The smallest absolute Gasteiger partial charge is 0.409 e. The van der Waals surface area contributed by atoms with Crippen molar-refractivity contribution in [2.45, 2.75) is 32.7 Å². The molecule has 32 heavy (non-hydrogen) atoms. The number of nitrogens with one attached hydrogen (secondary N) is 1. The lowest BCUT2D eigenvalue weighted by atomic mass is 9.89. The Kier molecular flexibility index (Phi) is 7.68. The normalized spacial score (nSPS) is 15.6. The highest BCUT2D eigenvalue weighted by atomic mass is 19.1. The van der Waals surface area contributed by atoms with Crippen molar-refractivity contribution in [2.75, 3.05) is 31.6 Å². The van der Waals surface area contributed by atoms with Gasteiger partial charge in [-0.25, -0.2) is 9.18 Å². The van der Waals surface area contributed by atoms with Crippen molar-refractivity contribution >= 4 is 23.5 Å². The fraction of sp³-hybridized carbons (Fsp3) is 0.500. The average molecular weight is 447 g/mol. The fourth-order valence-corrected chi connectivity index (χ4v) is 3.82. The molecular weight excluding hydrogens is 415 g/mol. The second-order valence-corrected chi connectivity index (χ2v) is 8.47. The monoisotopic (exact) mass is 446 g/mol. The third-order valence-electron chi connectivity index (χ3n) is 5.57. The van der Waals surface area contributed by atoms with Crippen molar-refractivity contribution in [3.63, 3.8) is 0 Å². The lowest BCUT2D eigenvalue weighted by Gasteiger charge is -2.35. The van der Waals surface area contributed by atoms with E-state index in [0.717, 1.165) is 12.8 Å². The molecule has 174 valence electrons. The Bertz CT molecular complexity index is 922. The molecule has 0 spiro atoms. The molecular formula is C22H31FN6O3. The van der Waals surface area contributed by atoms with Crippen LogP contribution in [-0.4, -0.2) is 52.9 Å². The van der Waals surface area contributed by atoms with E-state index in [1.807, 2.05) is 13.8 Å². The third kappa shape index (κ3) is 5.76. The van der Waals surface area contributed by atoms with E-state index in [-0.39, 0.29) is 41.2 Å². The average Bonchev–Trinajstić information content (AvgIpc) is 3.18. The zero-order chi connectivity index (χ0) is 23.3. The van der Waals surface area contributed by atoms with Gasteiger partial charge >= 0.3 is 6.09 Å². The van der Waals surface area contributed by atoms with Crippen LogP contribution in [0, 0.1) is 17.7 Å². The van der Waals surface area contributed by atoms with Crippen LogP contribution in [0.3, 0.4) is 0 Å². The Morgan fingerprint density at radius 2 is 1.91 bits per heavy atom. The molecule has 1 aliphatic heterocycles. The molecule has 9 nitrogen and oxygen atoms in total.